The van der Waals surface area contributed by atoms with Gasteiger partial charge in [0.15, 0.2) is 0 Å². The van der Waals surface area contributed by atoms with E-state index >= 15 is 0 Å². The molecule has 1 nitrogen and oxygen atoms in total. The molecule has 0 radical (unpaired) electrons. The standard InChI is InChI=1S/C16H30O/c1-11(2)13(4)10-14(17)15-12(3)8-7-9-16(15,5)6/h11-13,15H,7-10H2,1-6H3. The van der Waals surface area contributed by atoms with E-state index in [1.54, 1.807) is 0 Å². The van der Waals surface area contributed by atoms with Crippen molar-refractivity contribution in [2.24, 2.45) is 29.1 Å². The van der Waals surface area contributed by atoms with Crippen LogP contribution in [0.15, 0.2) is 0 Å². The second-order valence-corrected chi connectivity index (χ2v) is 7.23. The molecule has 0 aromatic rings. The Morgan fingerprint density at radius 1 is 1.29 bits per heavy atom. The molecular weight excluding hydrogens is 208 g/mol. The molecule has 1 aliphatic rings. The average Bonchev–Trinajstić information content (AvgIpc) is 2.15. The molecular formula is C16H30O. The minimum absolute atomic E-state index is 0.214. The van der Waals surface area contributed by atoms with Crippen LogP contribution in [0.25, 0.3) is 0 Å². The van der Waals surface area contributed by atoms with E-state index in [2.05, 4.69) is 41.5 Å². The van der Waals surface area contributed by atoms with E-state index in [1.807, 2.05) is 0 Å². The first-order valence-electron chi connectivity index (χ1n) is 7.28. The van der Waals surface area contributed by atoms with Crippen molar-refractivity contribution in [3.8, 4) is 0 Å². The molecule has 17 heavy (non-hydrogen) atoms. The second kappa shape index (κ2) is 5.54. The maximum Gasteiger partial charge on any atom is 0.137 e. The zero-order valence-electron chi connectivity index (χ0n) is 12.5. The monoisotopic (exact) mass is 238 g/mol. The molecule has 1 aliphatic carbocycles. The first kappa shape index (κ1) is 14.7. The summed E-state index contributed by atoms with van der Waals surface area (Å²) in [4.78, 5) is 12.5. The van der Waals surface area contributed by atoms with E-state index in [0.717, 1.165) is 6.42 Å². The topological polar surface area (TPSA) is 17.1 Å². The summed E-state index contributed by atoms with van der Waals surface area (Å²) in [5, 5.41) is 0. The fourth-order valence-electron chi connectivity index (χ4n) is 3.41. The van der Waals surface area contributed by atoms with Crippen LogP contribution in [0.3, 0.4) is 0 Å². The molecule has 1 heteroatoms. The van der Waals surface area contributed by atoms with Crippen molar-refractivity contribution in [2.75, 3.05) is 0 Å². The number of rotatable bonds is 4. The van der Waals surface area contributed by atoms with Gasteiger partial charge in [0, 0.05) is 12.3 Å². The third-order valence-corrected chi connectivity index (χ3v) is 4.90. The molecule has 1 fully saturated rings. The fraction of sp³-hybridized carbons (Fsp3) is 0.938. The van der Waals surface area contributed by atoms with Gasteiger partial charge in [-0.2, -0.15) is 0 Å². The van der Waals surface area contributed by atoms with E-state index in [4.69, 9.17) is 0 Å². The van der Waals surface area contributed by atoms with Crippen LogP contribution in [0.1, 0.15) is 67.2 Å². The molecule has 3 unspecified atom stereocenters. The SMILES string of the molecule is CC(C)C(C)CC(=O)C1C(C)CCCC1(C)C. The summed E-state index contributed by atoms with van der Waals surface area (Å²) in [7, 11) is 0. The predicted molar refractivity (Wildman–Crippen MR) is 73.9 cm³/mol. The number of carbonyl (C=O) groups is 1. The molecule has 100 valence electrons. The number of Topliss-reactive ketones (excluding diaryl/α,β-unsaturated/α-hetero) is 1. The smallest absolute Gasteiger partial charge is 0.137 e. The molecule has 0 aromatic heterocycles. The molecule has 0 heterocycles. The minimum atomic E-state index is 0.214. The number of carbonyl (C=O) groups excluding carboxylic acids is 1. The van der Waals surface area contributed by atoms with Crippen LogP contribution in [0.2, 0.25) is 0 Å². The molecule has 3 atom stereocenters. The first-order chi connectivity index (χ1) is 7.75. The van der Waals surface area contributed by atoms with Gasteiger partial charge in [-0.1, -0.05) is 48.0 Å². The van der Waals surface area contributed by atoms with Crippen LogP contribution < -0.4 is 0 Å². The van der Waals surface area contributed by atoms with E-state index in [0.29, 0.717) is 23.5 Å². The summed E-state index contributed by atoms with van der Waals surface area (Å²) < 4.78 is 0. The average molecular weight is 238 g/mol. The lowest BCUT2D eigenvalue weighted by molar-refractivity contribution is -0.131. The Labute approximate surface area is 107 Å². The van der Waals surface area contributed by atoms with Crippen molar-refractivity contribution in [3.05, 3.63) is 0 Å². The quantitative estimate of drug-likeness (QED) is 0.694. The van der Waals surface area contributed by atoms with Gasteiger partial charge in [-0.25, -0.2) is 0 Å². The van der Waals surface area contributed by atoms with Crippen LogP contribution in [-0.4, -0.2) is 5.78 Å². The van der Waals surface area contributed by atoms with Gasteiger partial charge < -0.3 is 0 Å². The maximum atomic E-state index is 12.5. The summed E-state index contributed by atoms with van der Waals surface area (Å²) in [6.07, 6.45) is 4.51. The highest BCUT2D eigenvalue weighted by Gasteiger charge is 2.41. The molecule has 0 aliphatic heterocycles. The molecule has 0 bridgehead atoms. The summed E-state index contributed by atoms with van der Waals surface area (Å²) in [6, 6.07) is 0. The summed E-state index contributed by atoms with van der Waals surface area (Å²) in [5.74, 6) is 2.51. The number of hydrogen-bond acceptors (Lipinski definition) is 1. The van der Waals surface area contributed by atoms with Crippen molar-refractivity contribution in [3.63, 3.8) is 0 Å². The van der Waals surface area contributed by atoms with Crippen LogP contribution in [0.5, 0.6) is 0 Å². The summed E-state index contributed by atoms with van der Waals surface area (Å²) in [6.45, 7) is 13.5. The molecule has 0 N–H and O–H groups in total. The Hall–Kier alpha value is -0.330. The Morgan fingerprint density at radius 2 is 1.88 bits per heavy atom. The van der Waals surface area contributed by atoms with Gasteiger partial charge >= 0.3 is 0 Å². The molecule has 1 rings (SSSR count). The number of ketones is 1. The first-order valence-corrected chi connectivity index (χ1v) is 7.28. The lowest BCUT2D eigenvalue weighted by Gasteiger charge is -2.42. The molecule has 0 spiro atoms. The Balaban J connectivity index is 2.71. The lowest BCUT2D eigenvalue weighted by Crippen LogP contribution is -2.40. The maximum absolute atomic E-state index is 12.5. The van der Waals surface area contributed by atoms with Gasteiger partial charge in [-0.3, -0.25) is 4.79 Å². The van der Waals surface area contributed by atoms with E-state index < -0.39 is 0 Å². The summed E-state index contributed by atoms with van der Waals surface area (Å²) >= 11 is 0. The van der Waals surface area contributed by atoms with Crippen LogP contribution in [0.4, 0.5) is 0 Å². The van der Waals surface area contributed by atoms with E-state index in [1.165, 1.54) is 19.3 Å². The van der Waals surface area contributed by atoms with Gasteiger partial charge in [0.25, 0.3) is 0 Å². The van der Waals surface area contributed by atoms with Gasteiger partial charge in [-0.15, -0.1) is 0 Å². The van der Waals surface area contributed by atoms with Crippen LogP contribution >= 0.6 is 0 Å². The normalized spacial score (nSPS) is 30.3. The highest BCUT2D eigenvalue weighted by molar-refractivity contribution is 5.82. The van der Waals surface area contributed by atoms with Crippen LogP contribution in [-0.2, 0) is 4.79 Å². The van der Waals surface area contributed by atoms with E-state index in [9.17, 15) is 4.79 Å². The zero-order valence-corrected chi connectivity index (χ0v) is 12.5. The molecule has 1 saturated carbocycles. The molecule has 0 aromatic carbocycles. The highest BCUT2D eigenvalue weighted by Crippen LogP contribution is 2.45. The second-order valence-electron chi connectivity index (χ2n) is 7.23. The van der Waals surface area contributed by atoms with Gasteiger partial charge in [0.05, 0.1) is 0 Å². The largest absolute Gasteiger partial charge is 0.299 e. The Morgan fingerprint density at radius 3 is 2.35 bits per heavy atom. The Kier molecular flexibility index (Phi) is 4.80. The third-order valence-electron chi connectivity index (χ3n) is 4.90. The van der Waals surface area contributed by atoms with Gasteiger partial charge in [0.2, 0.25) is 0 Å². The van der Waals surface area contributed by atoms with Crippen molar-refractivity contribution in [2.45, 2.75) is 67.2 Å². The fourth-order valence-corrected chi connectivity index (χ4v) is 3.41. The number of hydrogen-bond donors (Lipinski definition) is 0. The minimum Gasteiger partial charge on any atom is -0.299 e. The Bertz CT molecular complexity index is 265. The summed E-state index contributed by atoms with van der Waals surface area (Å²) in [5.41, 5.74) is 0.214. The zero-order chi connectivity index (χ0) is 13.2. The van der Waals surface area contributed by atoms with Crippen molar-refractivity contribution >= 4 is 5.78 Å². The highest BCUT2D eigenvalue weighted by atomic mass is 16.1. The third kappa shape index (κ3) is 3.56. The van der Waals surface area contributed by atoms with Crippen molar-refractivity contribution in [1.82, 2.24) is 0 Å². The van der Waals surface area contributed by atoms with E-state index in [-0.39, 0.29) is 11.3 Å². The van der Waals surface area contributed by atoms with Gasteiger partial charge in [-0.05, 0) is 36.0 Å². The van der Waals surface area contributed by atoms with Crippen molar-refractivity contribution in [1.29, 1.82) is 0 Å². The lowest BCUT2D eigenvalue weighted by atomic mass is 9.61. The molecule has 0 amide bonds. The molecule has 0 saturated heterocycles. The van der Waals surface area contributed by atoms with Crippen LogP contribution in [0, 0.1) is 29.1 Å². The van der Waals surface area contributed by atoms with Crippen molar-refractivity contribution < 1.29 is 4.79 Å². The van der Waals surface area contributed by atoms with Gasteiger partial charge in [0.1, 0.15) is 5.78 Å². The predicted octanol–water partition coefficient (Wildman–Crippen LogP) is 4.70.